The van der Waals surface area contributed by atoms with Gasteiger partial charge in [-0.2, -0.15) is 0 Å². The molecule has 0 unspecified atom stereocenters. The molecule has 7 aromatic rings. The van der Waals surface area contributed by atoms with Crippen LogP contribution in [0, 0.1) is 0 Å². The van der Waals surface area contributed by atoms with Gasteiger partial charge in [0.15, 0.2) is 0 Å². The fraction of sp³-hybridized carbons (Fsp3) is 0.100. The Kier molecular flexibility index (Phi) is 4.70. The topological polar surface area (TPSA) is 0 Å². The van der Waals surface area contributed by atoms with Gasteiger partial charge in [0.25, 0.3) is 0 Å². The lowest BCUT2D eigenvalue weighted by Gasteiger charge is -2.22. The summed E-state index contributed by atoms with van der Waals surface area (Å²) < 4.78 is 2.73. The molecule has 194 valence electrons. The zero-order valence-corrected chi connectivity index (χ0v) is 24.0. The van der Waals surface area contributed by atoms with E-state index in [0.717, 1.165) is 6.42 Å². The molecular weight excluding hydrogens is 513 g/mol. The van der Waals surface area contributed by atoms with Crippen LogP contribution in [0.2, 0.25) is 0 Å². The first kappa shape index (κ1) is 23.3. The van der Waals surface area contributed by atoms with E-state index in [4.69, 9.17) is 0 Å². The van der Waals surface area contributed by atoms with Crippen LogP contribution in [-0.2, 0) is 11.8 Å². The Hall–Kier alpha value is -4.46. The highest BCUT2D eigenvalue weighted by Gasteiger charge is 2.35. The number of fused-ring (bicyclic) bond motifs is 9. The first-order chi connectivity index (χ1) is 20.1. The van der Waals surface area contributed by atoms with Gasteiger partial charge in [0, 0.05) is 25.6 Å². The van der Waals surface area contributed by atoms with Crippen molar-refractivity contribution in [3.8, 4) is 44.5 Å². The fourth-order valence-electron chi connectivity index (χ4n) is 7.37. The van der Waals surface area contributed by atoms with Crippen molar-refractivity contribution < 1.29 is 0 Å². The molecule has 0 bridgehead atoms. The molecule has 1 heteroatoms. The first-order valence-corrected chi connectivity index (χ1v) is 15.3. The minimum atomic E-state index is 0.00772. The lowest BCUT2D eigenvalue weighted by molar-refractivity contribution is 0.660. The lowest BCUT2D eigenvalue weighted by Crippen LogP contribution is -2.14. The van der Waals surface area contributed by atoms with E-state index < -0.39 is 0 Å². The lowest BCUT2D eigenvalue weighted by atomic mass is 9.81. The highest BCUT2D eigenvalue weighted by atomic mass is 32.1. The van der Waals surface area contributed by atoms with E-state index in [2.05, 4.69) is 135 Å². The molecule has 0 saturated heterocycles. The van der Waals surface area contributed by atoms with Gasteiger partial charge in [-0.25, -0.2) is 0 Å². The van der Waals surface area contributed by atoms with Crippen molar-refractivity contribution >= 4 is 31.5 Å². The average Bonchev–Trinajstić information content (AvgIpc) is 3.64. The van der Waals surface area contributed by atoms with Gasteiger partial charge < -0.3 is 0 Å². The van der Waals surface area contributed by atoms with Gasteiger partial charge >= 0.3 is 0 Å². The summed E-state index contributed by atoms with van der Waals surface area (Å²) in [7, 11) is 0. The van der Waals surface area contributed by atoms with Crippen LogP contribution in [0.3, 0.4) is 0 Å². The van der Waals surface area contributed by atoms with Crippen LogP contribution < -0.4 is 0 Å². The summed E-state index contributed by atoms with van der Waals surface area (Å²) in [5.74, 6) is 0. The second-order valence-corrected chi connectivity index (χ2v) is 13.2. The van der Waals surface area contributed by atoms with Crippen molar-refractivity contribution in [2.24, 2.45) is 0 Å². The Labute approximate surface area is 244 Å². The van der Waals surface area contributed by atoms with Crippen molar-refractivity contribution in [3.63, 3.8) is 0 Å². The summed E-state index contributed by atoms with van der Waals surface area (Å²) in [6, 6.07) is 45.7. The summed E-state index contributed by atoms with van der Waals surface area (Å²) in [5.41, 5.74) is 16.5. The molecule has 0 aliphatic heterocycles. The molecule has 0 amide bonds. The number of hydrogen-bond acceptors (Lipinski definition) is 1. The van der Waals surface area contributed by atoms with Crippen molar-refractivity contribution in [2.45, 2.75) is 25.7 Å². The van der Waals surface area contributed by atoms with E-state index >= 15 is 0 Å². The van der Waals surface area contributed by atoms with Crippen LogP contribution >= 0.6 is 11.3 Å². The normalized spacial score (nSPS) is 14.2. The minimum absolute atomic E-state index is 0.00772. The van der Waals surface area contributed by atoms with Gasteiger partial charge in [-0.15, -0.1) is 11.3 Å². The summed E-state index contributed by atoms with van der Waals surface area (Å²) in [5, 5.41) is 2.71. The van der Waals surface area contributed by atoms with E-state index in [1.165, 1.54) is 86.9 Å². The molecule has 2 aliphatic rings. The molecule has 0 fully saturated rings. The SMILES string of the molecule is CC1(C)c2ccccc2-c2ccc(-c3ccc4c(c3)-c3cc(-c5cccc6c5sc5ccccc56)ccc3C4)cc21. The molecule has 0 N–H and O–H groups in total. The molecule has 0 nitrogen and oxygen atoms in total. The molecule has 0 atom stereocenters. The van der Waals surface area contributed by atoms with Gasteiger partial charge in [-0.3, -0.25) is 0 Å². The predicted octanol–water partition coefficient (Wildman–Crippen LogP) is 11.3. The molecule has 0 radical (unpaired) electrons. The summed E-state index contributed by atoms with van der Waals surface area (Å²) in [6.45, 7) is 4.72. The van der Waals surface area contributed by atoms with E-state index in [-0.39, 0.29) is 5.41 Å². The third-order valence-electron chi connectivity index (χ3n) is 9.52. The van der Waals surface area contributed by atoms with E-state index in [1.807, 2.05) is 11.3 Å². The van der Waals surface area contributed by atoms with Crippen LogP contribution in [0.25, 0.3) is 64.7 Å². The smallest absolute Gasteiger partial charge is 0.0433 e. The highest BCUT2D eigenvalue weighted by molar-refractivity contribution is 7.26. The second-order valence-electron chi connectivity index (χ2n) is 12.1. The van der Waals surface area contributed by atoms with Crippen molar-refractivity contribution in [1.82, 2.24) is 0 Å². The number of rotatable bonds is 2. The second kappa shape index (κ2) is 8.28. The van der Waals surface area contributed by atoms with E-state index in [0.29, 0.717) is 0 Å². The third kappa shape index (κ3) is 3.27. The molecule has 2 aliphatic carbocycles. The van der Waals surface area contributed by atoms with Crippen LogP contribution in [0.15, 0.2) is 121 Å². The summed E-state index contributed by atoms with van der Waals surface area (Å²) in [6.07, 6.45) is 1.00. The summed E-state index contributed by atoms with van der Waals surface area (Å²) in [4.78, 5) is 0. The highest BCUT2D eigenvalue weighted by Crippen LogP contribution is 2.50. The summed E-state index contributed by atoms with van der Waals surface area (Å²) >= 11 is 1.91. The monoisotopic (exact) mass is 540 g/mol. The Morgan fingerprint density at radius 3 is 2.00 bits per heavy atom. The third-order valence-corrected chi connectivity index (χ3v) is 10.7. The first-order valence-electron chi connectivity index (χ1n) is 14.5. The van der Waals surface area contributed by atoms with E-state index in [9.17, 15) is 0 Å². The molecule has 0 saturated carbocycles. The molecule has 0 spiro atoms. The van der Waals surface area contributed by atoms with Crippen molar-refractivity contribution in [1.29, 1.82) is 0 Å². The number of hydrogen-bond donors (Lipinski definition) is 0. The van der Waals surface area contributed by atoms with Gasteiger partial charge in [-0.05, 0) is 97.4 Å². The van der Waals surface area contributed by atoms with Crippen LogP contribution in [-0.4, -0.2) is 0 Å². The molecular formula is C40H28S. The molecule has 6 aromatic carbocycles. The average molecular weight is 541 g/mol. The quantitative estimate of drug-likeness (QED) is 0.205. The Balaban J connectivity index is 1.15. The maximum Gasteiger partial charge on any atom is 0.0433 e. The molecule has 41 heavy (non-hydrogen) atoms. The van der Waals surface area contributed by atoms with Crippen molar-refractivity contribution in [2.75, 3.05) is 0 Å². The Morgan fingerprint density at radius 2 is 1.12 bits per heavy atom. The molecule has 9 rings (SSSR count). The Bertz CT molecular complexity index is 2210. The molecule has 1 aromatic heterocycles. The van der Waals surface area contributed by atoms with E-state index in [1.54, 1.807) is 0 Å². The van der Waals surface area contributed by atoms with Gasteiger partial charge in [-0.1, -0.05) is 111 Å². The Morgan fingerprint density at radius 1 is 0.488 bits per heavy atom. The fourth-order valence-corrected chi connectivity index (χ4v) is 8.61. The van der Waals surface area contributed by atoms with Gasteiger partial charge in [0.05, 0.1) is 0 Å². The van der Waals surface area contributed by atoms with Crippen LogP contribution in [0.1, 0.15) is 36.1 Å². The predicted molar refractivity (Wildman–Crippen MR) is 176 cm³/mol. The minimum Gasteiger partial charge on any atom is -0.135 e. The van der Waals surface area contributed by atoms with Crippen LogP contribution in [0.5, 0.6) is 0 Å². The van der Waals surface area contributed by atoms with Crippen molar-refractivity contribution in [3.05, 3.63) is 144 Å². The van der Waals surface area contributed by atoms with Crippen LogP contribution in [0.4, 0.5) is 0 Å². The largest absolute Gasteiger partial charge is 0.135 e. The number of thiophene rings is 1. The zero-order valence-electron chi connectivity index (χ0n) is 23.2. The molecule has 1 heterocycles. The maximum atomic E-state index is 2.44. The number of benzene rings is 6. The standard InChI is InChI=1S/C40H28S/c1-40(2)36-12-5-3-8-30(36)31-19-18-25(23-37(31)40)24-14-15-26-20-27-16-17-28(22-35(27)34(26)21-24)29-10-7-11-33-32-9-4-6-13-38(32)41-39(29)33/h3-19,21-23H,20H2,1-2H3. The van der Waals surface area contributed by atoms with Gasteiger partial charge in [0.2, 0.25) is 0 Å². The zero-order chi connectivity index (χ0) is 27.3. The van der Waals surface area contributed by atoms with Gasteiger partial charge in [0.1, 0.15) is 0 Å². The maximum absolute atomic E-state index is 2.44.